The van der Waals surface area contributed by atoms with Crippen LogP contribution in [-0.2, 0) is 20.4 Å². The third kappa shape index (κ3) is 3.00. The minimum Gasteiger partial charge on any atom is -0.478 e. The Hall–Kier alpha value is -2.07. The molecule has 0 radical (unpaired) electrons. The first-order valence-corrected chi connectivity index (χ1v) is 7.97. The van der Waals surface area contributed by atoms with Crippen LogP contribution in [0.15, 0.2) is 40.1 Å². The minimum atomic E-state index is -5.32. The lowest BCUT2D eigenvalue weighted by molar-refractivity contribution is 0.0697. The number of halogens is 2. The van der Waals surface area contributed by atoms with Gasteiger partial charge in [-0.15, -0.1) is 7.77 Å². The van der Waals surface area contributed by atoms with E-state index in [1.807, 2.05) is 0 Å². The fraction of sp³-hybridized carbons (Fsp3) is 0. The molecule has 0 saturated carbocycles. The van der Waals surface area contributed by atoms with Crippen molar-refractivity contribution in [2.75, 3.05) is 0 Å². The van der Waals surface area contributed by atoms with E-state index in [2.05, 4.69) is 0 Å². The van der Waals surface area contributed by atoms with Gasteiger partial charge in [-0.3, -0.25) is 0 Å². The van der Waals surface area contributed by atoms with Gasteiger partial charge in [0.25, 0.3) is 0 Å². The van der Waals surface area contributed by atoms with E-state index in [-0.39, 0.29) is 16.3 Å². The number of rotatable bonds is 3. The lowest BCUT2D eigenvalue weighted by atomic mass is 10.1. The van der Waals surface area contributed by atoms with Gasteiger partial charge in [0.15, 0.2) is 0 Å². The summed E-state index contributed by atoms with van der Waals surface area (Å²) in [7, 11) is -10.6. The van der Waals surface area contributed by atoms with E-state index in [9.17, 15) is 29.4 Å². The molecule has 112 valence electrons. The summed E-state index contributed by atoms with van der Waals surface area (Å²) in [6.07, 6.45) is 0. The molecule has 2 rings (SSSR count). The van der Waals surface area contributed by atoms with Crippen LogP contribution in [0.5, 0.6) is 0 Å². The molecule has 0 spiro atoms. The van der Waals surface area contributed by atoms with Crippen molar-refractivity contribution in [3.63, 3.8) is 0 Å². The predicted octanol–water partition coefficient (Wildman–Crippen LogP) is 1.85. The lowest BCUT2D eigenvalue weighted by Gasteiger charge is -2.06. The summed E-state index contributed by atoms with van der Waals surface area (Å²) < 4.78 is 70.1. The summed E-state index contributed by atoms with van der Waals surface area (Å²) >= 11 is 0. The van der Waals surface area contributed by atoms with Crippen LogP contribution in [0.3, 0.4) is 0 Å². The minimum absolute atomic E-state index is 0.232. The van der Waals surface area contributed by atoms with Crippen LogP contribution in [-0.4, -0.2) is 27.9 Å². The number of carboxylic acids is 1. The highest BCUT2D eigenvalue weighted by molar-refractivity contribution is 7.87. The fourth-order valence-corrected chi connectivity index (χ4v) is 3.10. The van der Waals surface area contributed by atoms with Gasteiger partial charge in [-0.2, -0.15) is 16.8 Å². The van der Waals surface area contributed by atoms with E-state index in [1.165, 1.54) is 0 Å². The van der Waals surface area contributed by atoms with Gasteiger partial charge in [0, 0.05) is 5.39 Å². The van der Waals surface area contributed by atoms with Crippen molar-refractivity contribution in [1.29, 1.82) is 0 Å². The average molecular weight is 336 g/mol. The van der Waals surface area contributed by atoms with Crippen LogP contribution in [0.4, 0.5) is 7.77 Å². The van der Waals surface area contributed by atoms with Crippen molar-refractivity contribution in [2.45, 2.75) is 9.79 Å². The van der Waals surface area contributed by atoms with Crippen LogP contribution >= 0.6 is 0 Å². The molecular weight excluding hydrogens is 330 g/mol. The molecule has 10 heteroatoms. The van der Waals surface area contributed by atoms with Crippen LogP contribution in [0.25, 0.3) is 10.8 Å². The highest BCUT2D eigenvalue weighted by Gasteiger charge is 2.22. The van der Waals surface area contributed by atoms with Gasteiger partial charge in [0.1, 0.15) is 9.79 Å². The maximum absolute atomic E-state index is 13.2. The highest BCUT2D eigenvalue weighted by atomic mass is 32.3. The van der Waals surface area contributed by atoms with Crippen LogP contribution < -0.4 is 0 Å². The van der Waals surface area contributed by atoms with Crippen molar-refractivity contribution >= 4 is 37.2 Å². The SMILES string of the molecule is O=C(O)c1ccc2c(S(=O)(=O)F)cc(S(=O)(=O)F)cc2c1. The van der Waals surface area contributed by atoms with Crippen LogP contribution in [0.1, 0.15) is 10.4 Å². The van der Waals surface area contributed by atoms with Crippen molar-refractivity contribution in [2.24, 2.45) is 0 Å². The molecule has 6 nitrogen and oxygen atoms in total. The number of hydrogen-bond acceptors (Lipinski definition) is 5. The fourth-order valence-electron chi connectivity index (χ4n) is 1.78. The zero-order valence-corrected chi connectivity index (χ0v) is 11.6. The zero-order chi connectivity index (χ0) is 16.0. The van der Waals surface area contributed by atoms with Gasteiger partial charge in [-0.1, -0.05) is 6.07 Å². The Kier molecular flexibility index (Phi) is 3.46. The van der Waals surface area contributed by atoms with Gasteiger partial charge in [-0.25, -0.2) is 4.79 Å². The second-order valence-corrected chi connectivity index (χ2v) is 6.70. The number of aromatic carboxylic acids is 1. The van der Waals surface area contributed by atoms with Gasteiger partial charge >= 0.3 is 26.4 Å². The Morgan fingerprint density at radius 2 is 1.57 bits per heavy atom. The van der Waals surface area contributed by atoms with E-state index < -0.39 is 36.2 Å². The van der Waals surface area contributed by atoms with Gasteiger partial charge < -0.3 is 5.11 Å². The molecule has 0 amide bonds. The number of hydrogen-bond donors (Lipinski definition) is 1. The molecule has 21 heavy (non-hydrogen) atoms. The van der Waals surface area contributed by atoms with Crippen molar-refractivity contribution in [3.8, 4) is 0 Å². The first kappa shape index (κ1) is 15.3. The summed E-state index contributed by atoms with van der Waals surface area (Å²) in [6, 6.07) is 4.00. The molecule has 2 aromatic rings. The third-order valence-corrected chi connectivity index (χ3v) is 4.34. The quantitative estimate of drug-likeness (QED) is 0.858. The van der Waals surface area contributed by atoms with Gasteiger partial charge in [0.2, 0.25) is 0 Å². The van der Waals surface area contributed by atoms with E-state index in [0.29, 0.717) is 6.07 Å². The first-order valence-electron chi connectivity index (χ1n) is 5.20. The monoisotopic (exact) mass is 336 g/mol. The summed E-state index contributed by atoms with van der Waals surface area (Å²) in [6.45, 7) is 0. The molecule has 0 saturated heterocycles. The highest BCUT2D eigenvalue weighted by Crippen LogP contribution is 2.30. The lowest BCUT2D eigenvalue weighted by Crippen LogP contribution is -2.01. The molecule has 2 aromatic carbocycles. The van der Waals surface area contributed by atoms with E-state index in [0.717, 1.165) is 24.3 Å². The van der Waals surface area contributed by atoms with E-state index >= 15 is 0 Å². The molecule has 0 aliphatic rings. The number of benzene rings is 2. The van der Waals surface area contributed by atoms with Crippen molar-refractivity contribution in [1.82, 2.24) is 0 Å². The molecule has 0 fully saturated rings. The Bertz CT molecular complexity index is 964. The zero-order valence-electron chi connectivity index (χ0n) is 9.95. The molecule has 0 aliphatic heterocycles. The standard InChI is InChI=1S/C11H6F2O6S2/c12-20(16,17)8-4-7-3-6(11(14)15)1-2-9(7)10(5-8)21(13,18)19/h1-5H,(H,14,15). The summed E-state index contributed by atoms with van der Waals surface area (Å²) in [4.78, 5) is 8.70. The second kappa shape index (κ2) is 4.74. The maximum Gasteiger partial charge on any atom is 0.335 e. The summed E-state index contributed by atoms with van der Waals surface area (Å²) in [5, 5.41) is 8.33. The summed E-state index contributed by atoms with van der Waals surface area (Å²) in [5.41, 5.74) is -0.293. The normalized spacial score (nSPS) is 12.5. The molecule has 0 atom stereocenters. The van der Waals surface area contributed by atoms with E-state index in [4.69, 9.17) is 5.11 Å². The van der Waals surface area contributed by atoms with E-state index in [1.54, 1.807) is 0 Å². The van der Waals surface area contributed by atoms with Gasteiger partial charge in [0.05, 0.1) is 5.56 Å². The Morgan fingerprint density at radius 1 is 0.952 bits per heavy atom. The Balaban J connectivity index is 2.98. The molecular formula is C11H6F2O6S2. The predicted molar refractivity (Wildman–Crippen MR) is 67.5 cm³/mol. The molecule has 0 aromatic heterocycles. The summed E-state index contributed by atoms with van der Waals surface area (Å²) in [5.74, 6) is -1.37. The van der Waals surface area contributed by atoms with Crippen molar-refractivity contribution < 1.29 is 34.5 Å². The molecule has 0 aliphatic carbocycles. The molecule has 0 heterocycles. The molecule has 0 unspecified atom stereocenters. The number of carboxylic acid groups (broad SMARTS) is 1. The Morgan fingerprint density at radius 3 is 2.05 bits per heavy atom. The second-order valence-electron chi connectivity index (χ2n) is 4.04. The first-order chi connectivity index (χ1) is 9.50. The third-order valence-electron chi connectivity index (χ3n) is 2.68. The van der Waals surface area contributed by atoms with Crippen LogP contribution in [0, 0.1) is 0 Å². The van der Waals surface area contributed by atoms with Crippen LogP contribution in [0.2, 0.25) is 0 Å². The van der Waals surface area contributed by atoms with Crippen molar-refractivity contribution in [3.05, 3.63) is 35.9 Å². The topological polar surface area (TPSA) is 106 Å². The Labute approximate surface area is 118 Å². The average Bonchev–Trinajstić information content (AvgIpc) is 2.34. The smallest absolute Gasteiger partial charge is 0.335 e. The number of carbonyl (C=O) groups is 1. The number of fused-ring (bicyclic) bond motifs is 1. The largest absolute Gasteiger partial charge is 0.478 e. The van der Waals surface area contributed by atoms with Gasteiger partial charge in [-0.05, 0) is 29.7 Å². The molecule has 0 bridgehead atoms. The maximum atomic E-state index is 13.2. The molecule has 1 N–H and O–H groups in total.